The van der Waals surface area contributed by atoms with Crippen molar-refractivity contribution in [3.8, 4) is 0 Å². The molecule has 1 aromatic carbocycles. The zero-order valence-electron chi connectivity index (χ0n) is 8.69. The Bertz CT molecular complexity index is 380. The Morgan fingerprint density at radius 3 is 2.69 bits per heavy atom. The van der Waals surface area contributed by atoms with Crippen molar-refractivity contribution in [3.63, 3.8) is 0 Å². The number of anilines is 1. The first-order chi connectivity index (χ1) is 7.65. The predicted octanol–water partition coefficient (Wildman–Crippen LogP) is 1.42. The van der Waals surface area contributed by atoms with E-state index in [1.165, 1.54) is 29.2 Å². The number of hydrogen-bond acceptors (Lipinski definition) is 2. The zero-order chi connectivity index (χ0) is 11.5. The van der Waals surface area contributed by atoms with E-state index in [0.29, 0.717) is 25.2 Å². The van der Waals surface area contributed by atoms with Crippen molar-refractivity contribution in [1.29, 1.82) is 0 Å². The maximum atomic E-state index is 12.6. The van der Waals surface area contributed by atoms with Gasteiger partial charge in [0.15, 0.2) is 0 Å². The number of likely N-dealkylation sites (tertiary alicyclic amines) is 1. The maximum absolute atomic E-state index is 12.6. The minimum absolute atomic E-state index is 0.261. The zero-order valence-corrected chi connectivity index (χ0v) is 8.69. The first kappa shape index (κ1) is 10.9. The lowest BCUT2D eigenvalue weighted by atomic mass is 10.3. The van der Waals surface area contributed by atoms with Crippen molar-refractivity contribution in [2.45, 2.75) is 12.5 Å². The van der Waals surface area contributed by atoms with Crippen LogP contribution in [0.1, 0.15) is 6.42 Å². The fraction of sp³-hybridized carbons (Fsp3) is 0.364. The van der Waals surface area contributed by atoms with E-state index in [4.69, 9.17) is 0 Å². The van der Waals surface area contributed by atoms with Gasteiger partial charge in [-0.15, -0.1) is 0 Å². The van der Waals surface area contributed by atoms with Gasteiger partial charge in [0, 0.05) is 18.8 Å². The summed E-state index contributed by atoms with van der Waals surface area (Å²) in [5.74, 6) is -0.338. The minimum atomic E-state index is -0.432. The summed E-state index contributed by atoms with van der Waals surface area (Å²) in [5.41, 5.74) is 0.549. The molecule has 1 aliphatic heterocycles. The highest BCUT2D eigenvalue weighted by atomic mass is 19.1. The number of halogens is 1. The van der Waals surface area contributed by atoms with Crippen LogP contribution in [0.5, 0.6) is 0 Å². The molecule has 1 saturated heterocycles. The largest absolute Gasteiger partial charge is 0.391 e. The third kappa shape index (κ3) is 2.49. The number of carbonyl (C=O) groups excluding carboxylic acids is 1. The lowest BCUT2D eigenvalue weighted by Gasteiger charge is -2.16. The lowest BCUT2D eigenvalue weighted by Crippen LogP contribution is -2.33. The number of rotatable bonds is 1. The van der Waals surface area contributed by atoms with Gasteiger partial charge in [-0.1, -0.05) is 0 Å². The van der Waals surface area contributed by atoms with Crippen LogP contribution >= 0.6 is 0 Å². The van der Waals surface area contributed by atoms with Crippen LogP contribution in [0.3, 0.4) is 0 Å². The van der Waals surface area contributed by atoms with Crippen LogP contribution in [0.15, 0.2) is 24.3 Å². The highest BCUT2D eigenvalue weighted by Crippen LogP contribution is 2.13. The topological polar surface area (TPSA) is 52.6 Å². The fourth-order valence-corrected chi connectivity index (χ4v) is 1.66. The van der Waals surface area contributed by atoms with E-state index < -0.39 is 6.10 Å². The third-order valence-electron chi connectivity index (χ3n) is 2.55. The van der Waals surface area contributed by atoms with Crippen molar-refractivity contribution < 1.29 is 14.3 Å². The second-order valence-electron chi connectivity index (χ2n) is 3.83. The van der Waals surface area contributed by atoms with Crippen LogP contribution in [0.25, 0.3) is 0 Å². The standard InChI is InChI=1S/C11H13FN2O2/c12-8-1-3-9(4-2-8)13-11(16)14-6-5-10(15)7-14/h1-4,10,15H,5-7H2,(H,13,16). The van der Waals surface area contributed by atoms with Gasteiger partial charge < -0.3 is 15.3 Å². The number of amides is 2. The van der Waals surface area contributed by atoms with E-state index >= 15 is 0 Å². The number of benzene rings is 1. The van der Waals surface area contributed by atoms with Gasteiger partial charge in [0.2, 0.25) is 0 Å². The molecule has 0 aliphatic carbocycles. The minimum Gasteiger partial charge on any atom is -0.391 e. The summed E-state index contributed by atoms with van der Waals surface area (Å²) in [5, 5.41) is 11.9. The van der Waals surface area contributed by atoms with Gasteiger partial charge in [0.25, 0.3) is 0 Å². The Hall–Kier alpha value is -1.62. The Morgan fingerprint density at radius 1 is 1.44 bits per heavy atom. The molecule has 0 radical (unpaired) electrons. The van der Waals surface area contributed by atoms with E-state index in [2.05, 4.69) is 5.32 Å². The highest BCUT2D eigenvalue weighted by molar-refractivity contribution is 5.89. The number of hydrogen-bond donors (Lipinski definition) is 2. The van der Waals surface area contributed by atoms with E-state index in [0.717, 1.165) is 0 Å². The molecule has 1 aliphatic rings. The van der Waals surface area contributed by atoms with Crippen molar-refractivity contribution in [2.75, 3.05) is 18.4 Å². The molecule has 1 heterocycles. The van der Waals surface area contributed by atoms with E-state index in [1.54, 1.807) is 0 Å². The van der Waals surface area contributed by atoms with Crippen LogP contribution in [-0.4, -0.2) is 35.2 Å². The summed E-state index contributed by atoms with van der Waals surface area (Å²) in [6.07, 6.45) is 0.176. The molecular formula is C11H13FN2O2. The van der Waals surface area contributed by atoms with Crippen LogP contribution < -0.4 is 5.32 Å². The van der Waals surface area contributed by atoms with E-state index in [-0.39, 0.29) is 11.8 Å². The molecule has 0 bridgehead atoms. The monoisotopic (exact) mass is 224 g/mol. The van der Waals surface area contributed by atoms with Crippen LogP contribution in [0.2, 0.25) is 0 Å². The molecule has 1 aromatic rings. The molecule has 0 spiro atoms. The molecule has 0 saturated carbocycles. The SMILES string of the molecule is O=C(Nc1ccc(F)cc1)N1CCC(O)C1. The molecule has 86 valence electrons. The van der Waals surface area contributed by atoms with Crippen molar-refractivity contribution >= 4 is 11.7 Å². The first-order valence-corrected chi connectivity index (χ1v) is 5.15. The van der Waals surface area contributed by atoms with Gasteiger partial charge in [0.1, 0.15) is 5.82 Å². The Kier molecular flexibility index (Phi) is 3.05. The summed E-state index contributed by atoms with van der Waals surface area (Å²) < 4.78 is 12.6. The van der Waals surface area contributed by atoms with Crippen LogP contribution in [-0.2, 0) is 0 Å². The average Bonchev–Trinajstić information content (AvgIpc) is 2.68. The van der Waals surface area contributed by atoms with Gasteiger partial charge in [-0.3, -0.25) is 0 Å². The fourth-order valence-electron chi connectivity index (χ4n) is 1.66. The second-order valence-corrected chi connectivity index (χ2v) is 3.83. The molecule has 0 aromatic heterocycles. The molecule has 1 fully saturated rings. The normalized spacial score (nSPS) is 19.9. The Balaban J connectivity index is 1.94. The number of urea groups is 1. The quantitative estimate of drug-likeness (QED) is 0.758. The molecule has 2 rings (SSSR count). The molecule has 4 nitrogen and oxygen atoms in total. The molecule has 2 N–H and O–H groups in total. The molecule has 16 heavy (non-hydrogen) atoms. The van der Waals surface area contributed by atoms with Crippen molar-refractivity contribution in [2.24, 2.45) is 0 Å². The summed E-state index contributed by atoms with van der Waals surface area (Å²) in [7, 11) is 0. The summed E-state index contributed by atoms with van der Waals surface area (Å²) in [6.45, 7) is 0.904. The third-order valence-corrected chi connectivity index (χ3v) is 2.55. The van der Waals surface area contributed by atoms with E-state index in [9.17, 15) is 14.3 Å². The van der Waals surface area contributed by atoms with Gasteiger partial charge in [0.05, 0.1) is 6.10 Å². The number of nitrogens with zero attached hydrogens (tertiary/aromatic N) is 1. The Labute approximate surface area is 92.7 Å². The van der Waals surface area contributed by atoms with Crippen LogP contribution in [0, 0.1) is 5.82 Å². The first-order valence-electron chi connectivity index (χ1n) is 5.15. The number of β-amino-alcohol motifs (C(OH)–C–C–N with tert-alkyl or cyclic N) is 1. The second kappa shape index (κ2) is 4.49. The van der Waals surface area contributed by atoms with Crippen LogP contribution in [0.4, 0.5) is 14.9 Å². The van der Waals surface area contributed by atoms with Gasteiger partial charge in [-0.25, -0.2) is 9.18 Å². The van der Waals surface area contributed by atoms with Crippen molar-refractivity contribution in [3.05, 3.63) is 30.1 Å². The molecule has 1 atom stereocenters. The van der Waals surface area contributed by atoms with Gasteiger partial charge in [-0.2, -0.15) is 0 Å². The summed E-state index contributed by atoms with van der Waals surface area (Å²) in [6, 6.07) is 5.31. The number of carbonyl (C=O) groups is 1. The maximum Gasteiger partial charge on any atom is 0.321 e. The smallest absolute Gasteiger partial charge is 0.321 e. The summed E-state index contributed by atoms with van der Waals surface area (Å²) in [4.78, 5) is 13.2. The Morgan fingerprint density at radius 2 is 2.12 bits per heavy atom. The predicted molar refractivity (Wildman–Crippen MR) is 57.6 cm³/mol. The molecule has 1 unspecified atom stereocenters. The average molecular weight is 224 g/mol. The molecular weight excluding hydrogens is 211 g/mol. The number of aliphatic hydroxyl groups is 1. The van der Waals surface area contributed by atoms with Gasteiger partial charge in [-0.05, 0) is 30.7 Å². The van der Waals surface area contributed by atoms with Gasteiger partial charge >= 0.3 is 6.03 Å². The van der Waals surface area contributed by atoms with E-state index in [1.807, 2.05) is 0 Å². The summed E-state index contributed by atoms with van der Waals surface area (Å²) >= 11 is 0. The highest BCUT2D eigenvalue weighted by Gasteiger charge is 2.24. The molecule has 2 amide bonds. The van der Waals surface area contributed by atoms with Crippen molar-refractivity contribution in [1.82, 2.24) is 4.90 Å². The number of aliphatic hydroxyl groups excluding tert-OH is 1. The molecule has 5 heteroatoms. The lowest BCUT2D eigenvalue weighted by molar-refractivity contribution is 0.176. The number of nitrogens with one attached hydrogen (secondary N) is 1.